The summed E-state index contributed by atoms with van der Waals surface area (Å²) >= 11 is 9.68. The van der Waals surface area contributed by atoms with Crippen LogP contribution in [0.5, 0.6) is 0 Å². The summed E-state index contributed by atoms with van der Waals surface area (Å²) in [6, 6.07) is 19.8. The second-order valence-corrected chi connectivity index (χ2v) is 12.2. The van der Waals surface area contributed by atoms with Crippen molar-refractivity contribution in [3.8, 4) is 0 Å². The molecule has 1 aliphatic heterocycles. The lowest BCUT2D eigenvalue weighted by molar-refractivity contribution is -0.131. The van der Waals surface area contributed by atoms with Crippen LogP contribution in [0.2, 0.25) is 5.02 Å². The molecule has 0 spiro atoms. The van der Waals surface area contributed by atoms with E-state index in [0.717, 1.165) is 4.47 Å². The topological polar surface area (TPSA) is 60.9 Å². The number of piperazine rings is 1. The van der Waals surface area contributed by atoms with Crippen molar-refractivity contribution in [1.82, 2.24) is 9.21 Å². The molecule has 0 unspecified atom stereocenters. The Morgan fingerprint density at radius 1 is 0.944 bits per heavy atom. The quantitative estimate of drug-likeness (QED) is 0.377. The Kier molecular flexibility index (Phi) is 8.40. The maximum absolute atomic E-state index is 13.6. The van der Waals surface area contributed by atoms with E-state index in [4.69, 9.17) is 11.6 Å². The molecule has 0 aliphatic carbocycles. The average Bonchev–Trinajstić information content (AvgIpc) is 2.87. The highest BCUT2D eigenvalue weighted by molar-refractivity contribution is 9.10. The number of hydrogen-bond acceptors (Lipinski definition) is 4. The minimum absolute atomic E-state index is 0.00621. The van der Waals surface area contributed by atoms with Gasteiger partial charge in [0.05, 0.1) is 11.4 Å². The molecule has 1 aliphatic rings. The second-order valence-electron chi connectivity index (χ2n) is 8.91. The van der Waals surface area contributed by atoms with Gasteiger partial charge in [0.15, 0.2) is 0 Å². The third kappa shape index (κ3) is 5.94. The summed E-state index contributed by atoms with van der Waals surface area (Å²) in [5.41, 5.74) is 4.30. The first-order valence-electron chi connectivity index (χ1n) is 11.7. The number of halogens is 2. The van der Waals surface area contributed by atoms with E-state index in [2.05, 4.69) is 52.9 Å². The van der Waals surface area contributed by atoms with Crippen molar-refractivity contribution in [3.63, 3.8) is 0 Å². The third-order valence-corrected chi connectivity index (χ3v) is 9.32. The van der Waals surface area contributed by atoms with Gasteiger partial charge in [0.1, 0.15) is 0 Å². The summed E-state index contributed by atoms with van der Waals surface area (Å²) in [6.07, 6.45) is 0. The first-order valence-corrected chi connectivity index (χ1v) is 14.4. The van der Waals surface area contributed by atoms with Crippen LogP contribution in [0.1, 0.15) is 16.7 Å². The molecule has 0 radical (unpaired) electrons. The molecule has 190 valence electrons. The van der Waals surface area contributed by atoms with Gasteiger partial charge >= 0.3 is 0 Å². The van der Waals surface area contributed by atoms with Crippen LogP contribution in [0.3, 0.4) is 0 Å². The Morgan fingerprint density at radius 3 is 2.28 bits per heavy atom. The zero-order chi connectivity index (χ0) is 25.9. The summed E-state index contributed by atoms with van der Waals surface area (Å²) in [7, 11) is -3.93. The molecular formula is C27H29BrClN3O3S. The zero-order valence-electron chi connectivity index (χ0n) is 20.3. The molecule has 0 N–H and O–H groups in total. The molecule has 0 atom stereocenters. The molecule has 1 amide bonds. The molecule has 3 aromatic carbocycles. The molecule has 6 nitrogen and oxygen atoms in total. The van der Waals surface area contributed by atoms with Gasteiger partial charge in [-0.15, -0.1) is 0 Å². The van der Waals surface area contributed by atoms with Crippen LogP contribution >= 0.6 is 27.5 Å². The highest BCUT2D eigenvalue weighted by Crippen LogP contribution is 2.26. The average molecular weight is 591 g/mol. The van der Waals surface area contributed by atoms with Crippen LogP contribution in [0.25, 0.3) is 0 Å². The van der Waals surface area contributed by atoms with Crippen molar-refractivity contribution in [3.05, 3.63) is 92.9 Å². The maximum Gasteiger partial charge on any atom is 0.243 e. The van der Waals surface area contributed by atoms with Crippen molar-refractivity contribution >= 4 is 49.1 Å². The van der Waals surface area contributed by atoms with Crippen LogP contribution in [-0.4, -0.2) is 56.3 Å². The molecule has 1 saturated heterocycles. The predicted octanol–water partition coefficient (Wildman–Crippen LogP) is 5.26. The number of hydrogen-bond donors (Lipinski definition) is 0. The third-order valence-electron chi connectivity index (χ3n) is 6.62. The number of sulfonamides is 1. The first-order chi connectivity index (χ1) is 17.2. The van der Waals surface area contributed by atoms with Crippen molar-refractivity contribution in [2.75, 3.05) is 37.6 Å². The Hall–Kier alpha value is -2.39. The van der Waals surface area contributed by atoms with Crippen LogP contribution in [-0.2, 0) is 21.4 Å². The van der Waals surface area contributed by atoms with Gasteiger partial charge in [-0.25, -0.2) is 8.42 Å². The van der Waals surface area contributed by atoms with Gasteiger partial charge < -0.3 is 9.80 Å². The molecule has 0 bridgehead atoms. The van der Waals surface area contributed by atoms with Crippen molar-refractivity contribution in [2.24, 2.45) is 0 Å². The standard InChI is InChI=1S/C27H29BrClN3O3S/c1-20-6-5-9-26(21(20)2)30-14-16-31(17-15-30)27(33)19-32(18-22-7-3-4-8-25(22)29)36(34,35)24-12-10-23(28)11-13-24/h3-13H,14-19H2,1-2H3. The summed E-state index contributed by atoms with van der Waals surface area (Å²) in [5.74, 6) is -0.219. The SMILES string of the molecule is Cc1cccc(N2CCN(C(=O)CN(Cc3ccccc3Cl)S(=O)(=O)c3ccc(Br)cc3)CC2)c1C. The van der Waals surface area contributed by atoms with E-state index in [9.17, 15) is 13.2 Å². The van der Waals surface area contributed by atoms with Crippen molar-refractivity contribution in [1.29, 1.82) is 0 Å². The second kappa shape index (κ2) is 11.3. The Balaban J connectivity index is 1.52. The number of benzene rings is 3. The molecule has 1 heterocycles. The van der Waals surface area contributed by atoms with Gasteiger partial charge in [0.2, 0.25) is 15.9 Å². The number of rotatable bonds is 7. The van der Waals surface area contributed by atoms with E-state index in [0.29, 0.717) is 36.8 Å². The van der Waals surface area contributed by atoms with E-state index in [-0.39, 0.29) is 23.9 Å². The maximum atomic E-state index is 13.6. The fourth-order valence-electron chi connectivity index (χ4n) is 4.32. The molecule has 3 aromatic rings. The Labute approximate surface area is 226 Å². The normalized spacial score (nSPS) is 14.4. The lowest BCUT2D eigenvalue weighted by Crippen LogP contribution is -2.52. The molecule has 4 rings (SSSR count). The fourth-order valence-corrected chi connectivity index (χ4v) is 6.15. The predicted molar refractivity (Wildman–Crippen MR) is 148 cm³/mol. The lowest BCUT2D eigenvalue weighted by Gasteiger charge is -2.37. The minimum atomic E-state index is -3.93. The summed E-state index contributed by atoms with van der Waals surface area (Å²) in [5, 5.41) is 0.461. The Bertz CT molecular complexity index is 1340. The molecule has 0 saturated carbocycles. The van der Waals surface area contributed by atoms with E-state index in [1.54, 1.807) is 41.3 Å². The van der Waals surface area contributed by atoms with Crippen LogP contribution < -0.4 is 4.90 Å². The van der Waals surface area contributed by atoms with E-state index >= 15 is 0 Å². The zero-order valence-corrected chi connectivity index (χ0v) is 23.5. The van der Waals surface area contributed by atoms with Gasteiger partial charge in [0, 0.05) is 47.9 Å². The minimum Gasteiger partial charge on any atom is -0.368 e. The van der Waals surface area contributed by atoms with Crippen LogP contribution in [0.15, 0.2) is 76.1 Å². The first kappa shape index (κ1) is 26.7. The van der Waals surface area contributed by atoms with Crippen molar-refractivity contribution in [2.45, 2.75) is 25.3 Å². The number of aryl methyl sites for hydroxylation is 1. The number of amides is 1. The monoisotopic (exact) mass is 589 g/mol. The summed E-state index contributed by atoms with van der Waals surface area (Å²) in [6.45, 7) is 6.41. The molecule has 36 heavy (non-hydrogen) atoms. The van der Waals surface area contributed by atoms with Gasteiger partial charge in [-0.1, -0.05) is 57.9 Å². The number of anilines is 1. The molecule has 1 fully saturated rings. The molecule has 9 heteroatoms. The van der Waals surface area contributed by atoms with Crippen molar-refractivity contribution < 1.29 is 13.2 Å². The molecule has 0 aromatic heterocycles. The lowest BCUT2D eigenvalue weighted by atomic mass is 10.1. The smallest absolute Gasteiger partial charge is 0.243 e. The fraction of sp³-hybridized carbons (Fsp3) is 0.296. The van der Waals surface area contributed by atoms with Gasteiger partial charge in [-0.3, -0.25) is 4.79 Å². The highest BCUT2D eigenvalue weighted by atomic mass is 79.9. The van der Waals surface area contributed by atoms with E-state index < -0.39 is 10.0 Å². The number of carbonyl (C=O) groups excluding carboxylic acids is 1. The largest absolute Gasteiger partial charge is 0.368 e. The highest BCUT2D eigenvalue weighted by Gasteiger charge is 2.30. The Morgan fingerprint density at radius 2 is 1.61 bits per heavy atom. The number of carbonyl (C=O) groups is 1. The molecular weight excluding hydrogens is 562 g/mol. The van der Waals surface area contributed by atoms with Gasteiger partial charge in [0.25, 0.3) is 0 Å². The number of nitrogens with zero attached hydrogens (tertiary/aromatic N) is 3. The van der Waals surface area contributed by atoms with Crippen LogP contribution in [0, 0.1) is 13.8 Å². The van der Waals surface area contributed by atoms with E-state index in [1.807, 2.05) is 0 Å². The summed E-state index contributed by atoms with van der Waals surface area (Å²) < 4.78 is 29.1. The van der Waals surface area contributed by atoms with Crippen LogP contribution in [0.4, 0.5) is 5.69 Å². The summed E-state index contributed by atoms with van der Waals surface area (Å²) in [4.78, 5) is 17.5. The van der Waals surface area contributed by atoms with Gasteiger partial charge in [-0.2, -0.15) is 4.31 Å². The van der Waals surface area contributed by atoms with E-state index in [1.165, 1.54) is 33.3 Å². The van der Waals surface area contributed by atoms with Gasteiger partial charge in [-0.05, 0) is 66.9 Å².